The average Bonchev–Trinajstić information content (AvgIpc) is 2.75. The normalized spacial score (nSPS) is 14.7. The molecule has 2 aromatic rings. The molecule has 0 radical (unpaired) electrons. The Morgan fingerprint density at radius 2 is 2.00 bits per heavy atom. The molecule has 0 aromatic carbocycles. The molecule has 2 unspecified atom stereocenters. The van der Waals surface area contributed by atoms with Crippen LogP contribution in [0.4, 0.5) is 0 Å². The van der Waals surface area contributed by atoms with Gasteiger partial charge in [0.2, 0.25) is 0 Å². The van der Waals surface area contributed by atoms with E-state index >= 15 is 0 Å². The van der Waals surface area contributed by atoms with Crippen molar-refractivity contribution in [3.63, 3.8) is 0 Å². The molecular formula is C12H11BrClNS. The zero-order chi connectivity index (χ0) is 11.5. The van der Waals surface area contributed by atoms with Gasteiger partial charge in [0.1, 0.15) is 0 Å². The van der Waals surface area contributed by atoms with Crippen LogP contribution in [0.25, 0.3) is 0 Å². The van der Waals surface area contributed by atoms with Crippen LogP contribution in [0.15, 0.2) is 40.4 Å². The van der Waals surface area contributed by atoms with E-state index in [4.69, 9.17) is 11.6 Å². The molecule has 0 fully saturated rings. The van der Waals surface area contributed by atoms with Gasteiger partial charge in [-0.1, -0.05) is 6.92 Å². The minimum Gasteiger partial charge on any atom is -0.265 e. The van der Waals surface area contributed by atoms with E-state index in [2.05, 4.69) is 27.8 Å². The highest BCUT2D eigenvalue weighted by atomic mass is 79.9. The Morgan fingerprint density at radius 1 is 1.31 bits per heavy atom. The Hall–Kier alpha value is -0.380. The first kappa shape index (κ1) is 12.1. The van der Waals surface area contributed by atoms with Gasteiger partial charge >= 0.3 is 0 Å². The summed E-state index contributed by atoms with van der Waals surface area (Å²) in [5.74, 6) is 0.277. The third-order valence-corrected chi connectivity index (χ3v) is 5.25. The number of hydrogen-bond donors (Lipinski definition) is 0. The van der Waals surface area contributed by atoms with Crippen LogP contribution in [-0.2, 0) is 0 Å². The highest BCUT2D eigenvalue weighted by molar-refractivity contribution is 9.10. The van der Waals surface area contributed by atoms with Gasteiger partial charge in [-0.05, 0) is 45.1 Å². The second kappa shape index (κ2) is 5.30. The van der Waals surface area contributed by atoms with Crippen molar-refractivity contribution in [2.75, 3.05) is 0 Å². The fourth-order valence-corrected chi connectivity index (χ4v) is 3.81. The molecule has 2 rings (SSSR count). The first-order valence-corrected chi connectivity index (χ1v) is 7.08. The predicted molar refractivity (Wildman–Crippen MR) is 73.3 cm³/mol. The largest absolute Gasteiger partial charge is 0.265 e. The minimum atomic E-state index is -0.00299. The maximum absolute atomic E-state index is 6.50. The topological polar surface area (TPSA) is 12.9 Å². The SMILES string of the molecule is CC(c1ccncc1)C(Cl)c1sccc1Br. The van der Waals surface area contributed by atoms with Gasteiger partial charge < -0.3 is 0 Å². The summed E-state index contributed by atoms with van der Waals surface area (Å²) >= 11 is 11.7. The monoisotopic (exact) mass is 315 g/mol. The third-order valence-electron chi connectivity index (χ3n) is 2.57. The molecule has 2 aromatic heterocycles. The molecule has 2 heterocycles. The molecule has 84 valence electrons. The zero-order valence-corrected chi connectivity index (χ0v) is 11.9. The van der Waals surface area contributed by atoms with Gasteiger partial charge in [-0.2, -0.15) is 0 Å². The molecule has 0 aliphatic rings. The van der Waals surface area contributed by atoms with Crippen molar-refractivity contribution in [1.82, 2.24) is 4.98 Å². The van der Waals surface area contributed by atoms with Crippen LogP contribution in [0.1, 0.15) is 28.7 Å². The second-order valence-electron chi connectivity index (χ2n) is 3.60. The van der Waals surface area contributed by atoms with Crippen molar-refractivity contribution in [3.8, 4) is 0 Å². The smallest absolute Gasteiger partial charge is 0.0755 e. The number of hydrogen-bond acceptors (Lipinski definition) is 2. The molecule has 0 N–H and O–H groups in total. The number of alkyl halides is 1. The minimum absolute atomic E-state index is 0.00299. The van der Waals surface area contributed by atoms with Gasteiger partial charge in [-0.15, -0.1) is 22.9 Å². The summed E-state index contributed by atoms with van der Waals surface area (Å²) in [7, 11) is 0. The first-order chi connectivity index (χ1) is 7.70. The maximum Gasteiger partial charge on any atom is 0.0755 e. The number of aromatic nitrogens is 1. The van der Waals surface area contributed by atoms with Crippen molar-refractivity contribution >= 4 is 38.9 Å². The van der Waals surface area contributed by atoms with Crippen molar-refractivity contribution < 1.29 is 0 Å². The lowest BCUT2D eigenvalue weighted by atomic mass is 9.98. The van der Waals surface area contributed by atoms with E-state index in [1.807, 2.05) is 23.6 Å². The van der Waals surface area contributed by atoms with Crippen LogP contribution in [0.5, 0.6) is 0 Å². The van der Waals surface area contributed by atoms with Crippen molar-refractivity contribution in [2.24, 2.45) is 0 Å². The Kier molecular flexibility index (Phi) is 4.00. The van der Waals surface area contributed by atoms with Gasteiger partial charge in [0.05, 0.1) is 5.38 Å². The van der Waals surface area contributed by atoms with Crippen molar-refractivity contribution in [1.29, 1.82) is 0 Å². The number of pyridine rings is 1. The quantitative estimate of drug-likeness (QED) is 0.727. The van der Waals surface area contributed by atoms with E-state index < -0.39 is 0 Å². The lowest BCUT2D eigenvalue weighted by Gasteiger charge is -2.17. The summed E-state index contributed by atoms with van der Waals surface area (Å²) in [6.45, 7) is 2.14. The predicted octanol–water partition coefficient (Wildman–Crippen LogP) is 4.99. The second-order valence-corrected chi connectivity index (χ2v) is 5.88. The Bertz CT molecular complexity index is 457. The van der Waals surface area contributed by atoms with E-state index in [0.29, 0.717) is 0 Å². The van der Waals surface area contributed by atoms with Gasteiger partial charge in [0.15, 0.2) is 0 Å². The van der Waals surface area contributed by atoms with Gasteiger partial charge in [0, 0.05) is 27.7 Å². The van der Waals surface area contributed by atoms with E-state index in [1.54, 1.807) is 23.7 Å². The van der Waals surface area contributed by atoms with Gasteiger partial charge in [-0.3, -0.25) is 4.98 Å². The average molecular weight is 317 g/mol. The molecule has 0 aliphatic heterocycles. The fourth-order valence-electron chi connectivity index (χ4n) is 1.57. The Morgan fingerprint density at radius 3 is 2.56 bits per heavy atom. The molecule has 0 saturated heterocycles. The highest BCUT2D eigenvalue weighted by Crippen LogP contribution is 2.41. The lowest BCUT2D eigenvalue weighted by molar-refractivity contribution is 0.738. The Balaban J connectivity index is 2.23. The maximum atomic E-state index is 6.50. The Labute approximate surface area is 113 Å². The molecule has 1 nitrogen and oxygen atoms in total. The number of nitrogens with zero attached hydrogens (tertiary/aromatic N) is 1. The highest BCUT2D eigenvalue weighted by Gasteiger charge is 2.21. The summed E-state index contributed by atoms with van der Waals surface area (Å²) in [6.07, 6.45) is 3.61. The van der Waals surface area contributed by atoms with Crippen LogP contribution >= 0.6 is 38.9 Å². The van der Waals surface area contributed by atoms with Crippen LogP contribution < -0.4 is 0 Å². The summed E-state index contributed by atoms with van der Waals surface area (Å²) in [5, 5.41) is 2.05. The molecule has 16 heavy (non-hydrogen) atoms. The number of halogens is 2. The summed E-state index contributed by atoms with van der Waals surface area (Å²) < 4.78 is 1.10. The molecule has 0 aliphatic carbocycles. The molecule has 0 bridgehead atoms. The summed E-state index contributed by atoms with van der Waals surface area (Å²) in [5.41, 5.74) is 1.22. The zero-order valence-electron chi connectivity index (χ0n) is 8.73. The molecule has 2 atom stereocenters. The first-order valence-electron chi connectivity index (χ1n) is 4.97. The molecule has 4 heteroatoms. The van der Waals surface area contributed by atoms with E-state index in [9.17, 15) is 0 Å². The van der Waals surface area contributed by atoms with Crippen LogP contribution in [0.2, 0.25) is 0 Å². The van der Waals surface area contributed by atoms with Gasteiger partial charge in [0.25, 0.3) is 0 Å². The molecule has 0 amide bonds. The number of thiophene rings is 1. The van der Waals surface area contributed by atoms with Crippen LogP contribution in [0, 0.1) is 0 Å². The van der Waals surface area contributed by atoms with Crippen molar-refractivity contribution in [2.45, 2.75) is 18.2 Å². The standard InChI is InChI=1S/C12H11BrClNS/c1-8(9-2-5-15-6-3-9)11(14)12-10(13)4-7-16-12/h2-8,11H,1H3. The van der Waals surface area contributed by atoms with E-state index in [1.165, 1.54) is 10.4 Å². The van der Waals surface area contributed by atoms with E-state index in [0.717, 1.165) is 4.47 Å². The van der Waals surface area contributed by atoms with Crippen LogP contribution in [-0.4, -0.2) is 4.98 Å². The molecule has 0 spiro atoms. The lowest BCUT2D eigenvalue weighted by Crippen LogP contribution is -2.01. The molecular weight excluding hydrogens is 306 g/mol. The van der Waals surface area contributed by atoms with Gasteiger partial charge in [-0.25, -0.2) is 0 Å². The number of rotatable bonds is 3. The van der Waals surface area contributed by atoms with Crippen molar-refractivity contribution in [3.05, 3.63) is 50.9 Å². The summed E-state index contributed by atoms with van der Waals surface area (Å²) in [4.78, 5) is 5.20. The fraction of sp³-hybridized carbons (Fsp3) is 0.250. The third kappa shape index (κ3) is 2.47. The van der Waals surface area contributed by atoms with Crippen LogP contribution in [0.3, 0.4) is 0 Å². The van der Waals surface area contributed by atoms with E-state index in [-0.39, 0.29) is 11.3 Å². The molecule has 0 saturated carbocycles. The summed E-state index contributed by atoms with van der Waals surface area (Å²) in [6, 6.07) is 6.07.